The van der Waals surface area contributed by atoms with Crippen LogP contribution in [0.25, 0.3) is 0 Å². The first-order valence-corrected chi connectivity index (χ1v) is 7.42. The van der Waals surface area contributed by atoms with Crippen LogP contribution in [0.3, 0.4) is 0 Å². The van der Waals surface area contributed by atoms with Gasteiger partial charge in [0.25, 0.3) is 8.03 Å². The molecule has 98 valence electrons. The van der Waals surface area contributed by atoms with Gasteiger partial charge in [0.1, 0.15) is 0 Å². The maximum Gasteiger partial charge on any atom is 0.346 e. The Labute approximate surface area is 121 Å². The van der Waals surface area contributed by atoms with Crippen LogP contribution < -0.4 is 5.30 Å². The Morgan fingerprint density at radius 3 is 2.11 bits per heavy atom. The Morgan fingerprint density at radius 1 is 0.947 bits per heavy atom. The molecule has 0 saturated heterocycles. The zero-order valence-corrected chi connectivity index (χ0v) is 12.1. The van der Waals surface area contributed by atoms with E-state index >= 15 is 0 Å². The molecule has 0 N–H and O–H groups in total. The molecule has 0 radical (unpaired) electrons. The fourth-order valence-corrected chi connectivity index (χ4v) is 2.87. The van der Waals surface area contributed by atoms with E-state index in [0.29, 0.717) is 5.30 Å². The molecule has 2 rings (SSSR count). The van der Waals surface area contributed by atoms with Crippen molar-refractivity contribution in [2.24, 2.45) is 0 Å². The Balaban J connectivity index is 2.21. The second-order valence-corrected chi connectivity index (χ2v) is 5.81. The highest BCUT2D eigenvalue weighted by molar-refractivity contribution is 7.49. The van der Waals surface area contributed by atoms with Crippen LogP contribution >= 0.6 is 31.2 Å². The number of benzene rings is 2. The fourth-order valence-electron chi connectivity index (χ4n) is 1.46. The van der Waals surface area contributed by atoms with E-state index in [2.05, 4.69) is 0 Å². The summed E-state index contributed by atoms with van der Waals surface area (Å²) in [5.41, 5.74) is 0.0279. The van der Waals surface area contributed by atoms with Crippen molar-refractivity contribution in [1.29, 1.82) is 0 Å². The zero-order valence-electron chi connectivity index (χ0n) is 9.60. The van der Waals surface area contributed by atoms with E-state index in [1.165, 1.54) is 12.1 Å². The summed E-state index contributed by atoms with van der Waals surface area (Å²) < 4.78 is 16.8. The molecule has 19 heavy (non-hydrogen) atoms. The van der Waals surface area contributed by atoms with Gasteiger partial charge in [0.15, 0.2) is 0 Å². The van der Waals surface area contributed by atoms with E-state index in [-0.39, 0.29) is 15.6 Å². The number of rotatable bonds is 3. The highest BCUT2D eigenvalue weighted by Gasteiger charge is 2.18. The van der Waals surface area contributed by atoms with Crippen molar-refractivity contribution in [2.75, 3.05) is 0 Å². The van der Waals surface area contributed by atoms with Crippen LogP contribution in [0.5, 0.6) is 0 Å². The monoisotopic (exact) mass is 314 g/mol. The molecule has 0 spiro atoms. The van der Waals surface area contributed by atoms with Gasteiger partial charge in [-0.15, -0.1) is 0 Å². The second-order valence-electron chi connectivity index (χ2n) is 3.64. The van der Waals surface area contributed by atoms with E-state index in [0.717, 1.165) is 0 Å². The van der Waals surface area contributed by atoms with Crippen LogP contribution in [-0.4, -0.2) is 5.97 Å². The van der Waals surface area contributed by atoms with Gasteiger partial charge >= 0.3 is 5.97 Å². The molecule has 6 heteroatoms. The molecule has 0 aromatic heterocycles. The molecule has 2 aromatic rings. The summed E-state index contributed by atoms with van der Waals surface area (Å²) in [5, 5.41) is 0.796. The Kier molecular flexibility index (Phi) is 4.65. The van der Waals surface area contributed by atoms with Gasteiger partial charge in [0.2, 0.25) is 0 Å². The summed E-state index contributed by atoms with van der Waals surface area (Å²) in [4.78, 5) is 11.9. The van der Waals surface area contributed by atoms with E-state index in [1.54, 1.807) is 36.4 Å². The molecule has 0 aliphatic heterocycles. The maximum atomic E-state index is 11.9. The number of halogens is 2. The lowest BCUT2D eigenvalue weighted by Crippen LogP contribution is -2.06. The summed E-state index contributed by atoms with van der Waals surface area (Å²) in [7, 11) is -2.66. The summed E-state index contributed by atoms with van der Waals surface area (Å²) in [5.74, 6) is -0.789. The van der Waals surface area contributed by atoms with Crippen molar-refractivity contribution in [2.45, 2.75) is 0 Å². The third-order valence-electron chi connectivity index (χ3n) is 2.36. The average Bonchev–Trinajstić information content (AvgIpc) is 2.39. The van der Waals surface area contributed by atoms with Crippen molar-refractivity contribution in [1.82, 2.24) is 0 Å². The molecule has 1 unspecified atom stereocenters. The van der Waals surface area contributed by atoms with Crippen molar-refractivity contribution in [3.63, 3.8) is 0 Å². The minimum Gasteiger partial charge on any atom is -0.407 e. The summed E-state index contributed by atoms with van der Waals surface area (Å²) in [6.07, 6.45) is 0. The van der Waals surface area contributed by atoms with Gasteiger partial charge in [-0.05, 0) is 24.3 Å². The molecule has 0 amide bonds. The van der Waals surface area contributed by atoms with Gasteiger partial charge in [-0.3, -0.25) is 4.57 Å². The Bertz CT molecular complexity index is 609. The molecule has 3 nitrogen and oxygen atoms in total. The van der Waals surface area contributed by atoms with Crippen LogP contribution in [0.1, 0.15) is 10.4 Å². The predicted octanol–water partition coefficient (Wildman–Crippen LogP) is 3.95. The van der Waals surface area contributed by atoms with Crippen molar-refractivity contribution < 1.29 is 13.9 Å². The Hall–Kier alpha value is -1.28. The summed E-state index contributed by atoms with van der Waals surface area (Å²) in [6, 6.07) is 13.1. The van der Waals surface area contributed by atoms with Crippen molar-refractivity contribution >= 4 is 42.5 Å². The van der Waals surface area contributed by atoms with E-state index in [4.69, 9.17) is 27.7 Å². The molecule has 0 bridgehead atoms. The van der Waals surface area contributed by atoms with Gasteiger partial charge < -0.3 is 4.52 Å². The zero-order chi connectivity index (χ0) is 13.8. The van der Waals surface area contributed by atoms with Gasteiger partial charge in [-0.25, -0.2) is 4.79 Å². The summed E-state index contributed by atoms with van der Waals surface area (Å²) in [6.45, 7) is 0. The smallest absolute Gasteiger partial charge is 0.346 e. The number of hydrogen-bond acceptors (Lipinski definition) is 3. The van der Waals surface area contributed by atoms with Crippen LogP contribution in [0, 0.1) is 0 Å². The Morgan fingerprint density at radius 2 is 1.53 bits per heavy atom. The molecule has 0 heterocycles. The van der Waals surface area contributed by atoms with E-state index in [1.807, 2.05) is 0 Å². The molecule has 0 saturated carbocycles. The first kappa shape index (κ1) is 14.1. The number of hydrogen-bond donors (Lipinski definition) is 0. The second kappa shape index (κ2) is 6.25. The van der Waals surface area contributed by atoms with Crippen molar-refractivity contribution in [3.8, 4) is 0 Å². The lowest BCUT2D eigenvalue weighted by atomic mass is 10.2. The fraction of sp³-hybridized carbons (Fsp3) is 0. The molecule has 0 aliphatic carbocycles. The van der Waals surface area contributed by atoms with E-state index in [9.17, 15) is 9.36 Å². The van der Waals surface area contributed by atoms with Crippen LogP contribution in [0.2, 0.25) is 10.0 Å². The van der Waals surface area contributed by atoms with Crippen molar-refractivity contribution in [3.05, 3.63) is 64.1 Å². The normalized spacial score (nSPS) is 11.9. The third kappa shape index (κ3) is 3.38. The summed E-state index contributed by atoms with van der Waals surface area (Å²) >= 11 is 11.8. The van der Waals surface area contributed by atoms with E-state index < -0.39 is 14.0 Å². The van der Waals surface area contributed by atoms with Crippen LogP contribution in [0.15, 0.2) is 48.5 Å². The highest BCUT2D eigenvalue weighted by atomic mass is 35.5. The molecular weight excluding hydrogens is 306 g/mol. The first-order chi connectivity index (χ1) is 9.09. The lowest BCUT2D eigenvalue weighted by Gasteiger charge is -2.07. The van der Waals surface area contributed by atoms with Gasteiger partial charge in [-0.2, -0.15) is 0 Å². The predicted molar refractivity (Wildman–Crippen MR) is 77.0 cm³/mol. The highest BCUT2D eigenvalue weighted by Crippen LogP contribution is 2.30. The average molecular weight is 315 g/mol. The van der Waals surface area contributed by atoms with Gasteiger partial charge in [0, 0.05) is 5.30 Å². The van der Waals surface area contributed by atoms with Gasteiger partial charge in [0.05, 0.1) is 15.6 Å². The van der Waals surface area contributed by atoms with Crippen LogP contribution in [-0.2, 0) is 9.09 Å². The topological polar surface area (TPSA) is 43.4 Å². The largest absolute Gasteiger partial charge is 0.407 e. The minimum absolute atomic E-state index is 0.0279. The number of carbonyl (C=O) groups excluding carboxylic acids is 1. The molecule has 0 aliphatic rings. The van der Waals surface area contributed by atoms with Crippen LogP contribution in [0.4, 0.5) is 0 Å². The molecule has 1 atom stereocenters. The third-order valence-corrected chi connectivity index (χ3v) is 4.17. The quantitative estimate of drug-likeness (QED) is 0.806. The SMILES string of the molecule is O=C(O[PH](=O)c1ccccc1)c1c(Cl)cccc1Cl. The molecule has 0 fully saturated rings. The minimum atomic E-state index is -2.66. The standard InChI is InChI=1S/C13H9Cl2O3P/c14-10-7-4-8-11(15)12(10)13(16)18-19(17)9-5-2-1-3-6-9/h1-8,19H. The number of carbonyl (C=O) groups is 1. The molecule has 2 aromatic carbocycles. The lowest BCUT2D eigenvalue weighted by molar-refractivity contribution is 0.0752. The van der Waals surface area contributed by atoms with Gasteiger partial charge in [-0.1, -0.05) is 47.5 Å². The first-order valence-electron chi connectivity index (χ1n) is 5.35. The maximum absolute atomic E-state index is 11.9. The molecular formula is C13H9Cl2O3P.